The Hall–Kier alpha value is -3.74. The van der Waals surface area contributed by atoms with E-state index < -0.39 is 0 Å². The van der Waals surface area contributed by atoms with E-state index >= 15 is 0 Å². The molecule has 7 nitrogen and oxygen atoms in total. The first kappa shape index (κ1) is 20.5. The average Bonchev–Trinajstić information content (AvgIpc) is 3.44. The van der Waals surface area contributed by atoms with Crippen LogP contribution in [0, 0.1) is 0 Å². The Labute approximate surface area is 180 Å². The molecule has 2 N–H and O–H groups in total. The number of ether oxygens (including phenoxy) is 1. The van der Waals surface area contributed by atoms with Gasteiger partial charge in [-0.05, 0) is 54.8 Å². The third kappa shape index (κ3) is 5.06. The number of methoxy groups -OCH3 is 1. The first-order valence-corrected chi connectivity index (χ1v) is 10.1. The van der Waals surface area contributed by atoms with Gasteiger partial charge in [-0.2, -0.15) is 0 Å². The number of hydrogen-bond donors (Lipinski definition) is 2. The van der Waals surface area contributed by atoms with E-state index in [0.717, 1.165) is 18.4 Å². The van der Waals surface area contributed by atoms with Crippen LogP contribution in [0.2, 0.25) is 0 Å². The number of nitrogens with zero attached hydrogens (tertiary/aromatic N) is 1. The molecule has 2 aromatic carbocycles. The van der Waals surface area contributed by atoms with Gasteiger partial charge in [0.15, 0.2) is 0 Å². The van der Waals surface area contributed by atoms with Crippen LogP contribution in [0.5, 0.6) is 11.5 Å². The predicted octanol–water partition coefficient (Wildman–Crippen LogP) is 3.73. The molecule has 1 aliphatic rings. The Morgan fingerprint density at radius 2 is 1.90 bits per heavy atom. The molecule has 4 rings (SSSR count). The van der Waals surface area contributed by atoms with Crippen molar-refractivity contribution in [3.05, 3.63) is 83.3 Å². The zero-order valence-electron chi connectivity index (χ0n) is 17.2. The van der Waals surface area contributed by atoms with Gasteiger partial charge in [0.05, 0.1) is 25.5 Å². The largest absolute Gasteiger partial charge is 0.507 e. The second kappa shape index (κ2) is 8.95. The maximum atomic E-state index is 13.2. The molecule has 0 unspecified atom stereocenters. The molecule has 0 spiro atoms. The number of carbonyl (C=O) groups excluding carboxylic acids is 2. The second-order valence-corrected chi connectivity index (χ2v) is 7.57. The number of amides is 2. The first-order chi connectivity index (χ1) is 15.0. The smallest absolute Gasteiger partial charge is 0.258 e. The summed E-state index contributed by atoms with van der Waals surface area (Å²) in [6, 6.07) is 15.6. The number of phenolic OH excluding ortho intramolecular Hbond substituents is 1. The molecule has 0 radical (unpaired) electrons. The second-order valence-electron chi connectivity index (χ2n) is 7.57. The number of hydrogen-bond acceptors (Lipinski definition) is 5. The topological polar surface area (TPSA) is 92.0 Å². The fraction of sp³-hybridized carbons (Fsp3) is 0.250. The van der Waals surface area contributed by atoms with E-state index in [1.54, 1.807) is 41.5 Å². The third-order valence-corrected chi connectivity index (χ3v) is 5.15. The van der Waals surface area contributed by atoms with E-state index in [1.807, 2.05) is 12.1 Å². The molecule has 1 fully saturated rings. The highest BCUT2D eigenvalue weighted by molar-refractivity contribution is 5.97. The lowest BCUT2D eigenvalue weighted by atomic mass is 10.1. The SMILES string of the molecule is COc1ccc(C(=O)N(Cc2ccc(C(=O)NC3CC3)cc2)Cc2ccco2)c(O)c1. The maximum absolute atomic E-state index is 13.2. The van der Waals surface area contributed by atoms with Gasteiger partial charge in [-0.25, -0.2) is 0 Å². The van der Waals surface area contributed by atoms with Crippen LogP contribution < -0.4 is 10.1 Å². The van der Waals surface area contributed by atoms with Crippen molar-refractivity contribution >= 4 is 11.8 Å². The van der Waals surface area contributed by atoms with Crippen molar-refractivity contribution in [2.24, 2.45) is 0 Å². The van der Waals surface area contributed by atoms with E-state index in [1.165, 1.54) is 19.2 Å². The van der Waals surface area contributed by atoms with Crippen LogP contribution in [-0.2, 0) is 13.1 Å². The van der Waals surface area contributed by atoms with Crippen molar-refractivity contribution in [2.75, 3.05) is 7.11 Å². The molecule has 7 heteroatoms. The third-order valence-electron chi connectivity index (χ3n) is 5.15. The quantitative estimate of drug-likeness (QED) is 0.579. The predicted molar refractivity (Wildman–Crippen MR) is 114 cm³/mol. The molecule has 3 aromatic rings. The number of rotatable bonds is 8. The van der Waals surface area contributed by atoms with Crippen LogP contribution in [0.3, 0.4) is 0 Å². The fourth-order valence-corrected chi connectivity index (χ4v) is 3.26. The Kier molecular flexibility index (Phi) is 5.93. The fourth-order valence-electron chi connectivity index (χ4n) is 3.26. The summed E-state index contributed by atoms with van der Waals surface area (Å²) in [5, 5.41) is 13.3. The molecule has 0 aliphatic heterocycles. The molecular formula is C24H24N2O5. The summed E-state index contributed by atoms with van der Waals surface area (Å²) in [5.74, 6) is 0.516. The highest BCUT2D eigenvalue weighted by atomic mass is 16.5. The standard InChI is InChI=1S/C24H24N2O5/c1-30-19-10-11-21(22(27)13-19)24(29)26(15-20-3-2-12-31-20)14-16-4-6-17(7-5-16)23(28)25-18-8-9-18/h2-7,10-13,18,27H,8-9,14-15H2,1H3,(H,25,28). The maximum Gasteiger partial charge on any atom is 0.258 e. The van der Waals surface area contributed by atoms with E-state index in [-0.39, 0.29) is 36.2 Å². The van der Waals surface area contributed by atoms with Gasteiger partial charge >= 0.3 is 0 Å². The Morgan fingerprint density at radius 3 is 2.52 bits per heavy atom. The van der Waals surface area contributed by atoms with Crippen LogP contribution in [0.15, 0.2) is 65.3 Å². The molecule has 0 bridgehead atoms. The summed E-state index contributed by atoms with van der Waals surface area (Å²) in [7, 11) is 1.49. The van der Waals surface area contributed by atoms with Crippen LogP contribution >= 0.6 is 0 Å². The van der Waals surface area contributed by atoms with Crippen molar-refractivity contribution in [2.45, 2.75) is 32.0 Å². The Bertz CT molecular complexity index is 1060. The first-order valence-electron chi connectivity index (χ1n) is 10.1. The number of carbonyl (C=O) groups is 2. The van der Waals surface area contributed by atoms with E-state index in [4.69, 9.17) is 9.15 Å². The Morgan fingerprint density at radius 1 is 1.13 bits per heavy atom. The Balaban J connectivity index is 1.53. The molecule has 0 saturated heterocycles. The zero-order chi connectivity index (χ0) is 21.8. The molecular weight excluding hydrogens is 396 g/mol. The summed E-state index contributed by atoms with van der Waals surface area (Å²) in [6.45, 7) is 0.525. The minimum absolute atomic E-state index is 0.0827. The number of aromatic hydroxyl groups is 1. The average molecular weight is 420 g/mol. The summed E-state index contributed by atoms with van der Waals surface area (Å²) < 4.78 is 10.5. The van der Waals surface area contributed by atoms with E-state index in [9.17, 15) is 14.7 Å². The zero-order valence-corrected chi connectivity index (χ0v) is 17.2. The van der Waals surface area contributed by atoms with Crippen LogP contribution in [0.1, 0.15) is 44.9 Å². The molecule has 160 valence electrons. The van der Waals surface area contributed by atoms with Crippen molar-refractivity contribution in [1.82, 2.24) is 10.2 Å². The molecule has 31 heavy (non-hydrogen) atoms. The molecule has 1 saturated carbocycles. The summed E-state index contributed by atoms with van der Waals surface area (Å²) in [5.41, 5.74) is 1.62. The van der Waals surface area contributed by atoms with Gasteiger partial charge in [0.2, 0.25) is 0 Å². The van der Waals surface area contributed by atoms with Crippen molar-refractivity contribution < 1.29 is 23.8 Å². The van der Waals surface area contributed by atoms with Gasteiger partial charge in [-0.3, -0.25) is 9.59 Å². The number of phenols is 1. The van der Waals surface area contributed by atoms with Crippen molar-refractivity contribution in [3.63, 3.8) is 0 Å². The van der Waals surface area contributed by atoms with Gasteiger partial charge in [-0.1, -0.05) is 12.1 Å². The van der Waals surface area contributed by atoms with Gasteiger partial charge < -0.3 is 24.5 Å². The lowest BCUT2D eigenvalue weighted by Gasteiger charge is -2.22. The minimum atomic E-state index is -0.341. The van der Waals surface area contributed by atoms with Gasteiger partial charge in [-0.15, -0.1) is 0 Å². The number of nitrogens with one attached hydrogen (secondary N) is 1. The highest BCUT2D eigenvalue weighted by Crippen LogP contribution is 2.26. The summed E-state index contributed by atoms with van der Waals surface area (Å²) in [6.07, 6.45) is 3.62. The highest BCUT2D eigenvalue weighted by Gasteiger charge is 2.24. The monoisotopic (exact) mass is 420 g/mol. The van der Waals surface area contributed by atoms with E-state index in [0.29, 0.717) is 23.1 Å². The number of furan rings is 1. The minimum Gasteiger partial charge on any atom is -0.507 e. The van der Waals surface area contributed by atoms with Crippen molar-refractivity contribution in [3.8, 4) is 11.5 Å². The summed E-state index contributed by atoms with van der Waals surface area (Å²) >= 11 is 0. The molecule has 0 atom stereocenters. The summed E-state index contributed by atoms with van der Waals surface area (Å²) in [4.78, 5) is 27.0. The molecule has 1 aromatic heterocycles. The molecule has 1 heterocycles. The van der Waals surface area contributed by atoms with Crippen molar-refractivity contribution in [1.29, 1.82) is 0 Å². The molecule has 1 aliphatic carbocycles. The van der Waals surface area contributed by atoms with E-state index in [2.05, 4.69) is 5.32 Å². The van der Waals surface area contributed by atoms with Gasteiger partial charge in [0.25, 0.3) is 11.8 Å². The lowest BCUT2D eigenvalue weighted by molar-refractivity contribution is 0.0714. The van der Waals surface area contributed by atoms with Gasteiger partial charge in [0.1, 0.15) is 17.3 Å². The molecule has 2 amide bonds. The number of benzene rings is 2. The van der Waals surface area contributed by atoms with Gasteiger partial charge in [0, 0.05) is 24.2 Å². The van der Waals surface area contributed by atoms with Crippen LogP contribution in [0.25, 0.3) is 0 Å². The normalized spacial score (nSPS) is 12.9. The van der Waals surface area contributed by atoms with Crippen LogP contribution in [-0.4, -0.2) is 35.0 Å². The lowest BCUT2D eigenvalue weighted by Crippen LogP contribution is -2.30. The van der Waals surface area contributed by atoms with Crippen LogP contribution in [0.4, 0.5) is 0 Å².